The molecule has 0 aliphatic heterocycles. The van der Waals surface area contributed by atoms with Crippen molar-refractivity contribution in [2.75, 3.05) is 34.4 Å². The van der Waals surface area contributed by atoms with E-state index < -0.39 is 0 Å². The first kappa shape index (κ1) is 22.5. The van der Waals surface area contributed by atoms with Crippen molar-refractivity contribution >= 4 is 29.9 Å². The third kappa shape index (κ3) is 7.76. The van der Waals surface area contributed by atoms with E-state index in [2.05, 4.69) is 51.8 Å². The van der Waals surface area contributed by atoms with E-state index in [1.807, 2.05) is 12.1 Å². The molecule has 1 aromatic heterocycles. The van der Waals surface area contributed by atoms with E-state index in [1.165, 1.54) is 11.1 Å². The molecule has 2 N–H and O–H groups in total. The first-order valence-corrected chi connectivity index (χ1v) is 8.44. The Labute approximate surface area is 173 Å². The molecule has 144 valence electrons. The molecule has 0 fully saturated rings. The fraction of sp³-hybridized carbons (Fsp3) is 0.421. The van der Waals surface area contributed by atoms with Crippen molar-refractivity contribution in [1.82, 2.24) is 15.5 Å². The van der Waals surface area contributed by atoms with Crippen LogP contribution in [0.3, 0.4) is 0 Å². The number of ether oxygens (including phenoxy) is 1. The number of halogens is 1. The first-order chi connectivity index (χ1) is 12.2. The summed E-state index contributed by atoms with van der Waals surface area (Å²) in [6.45, 7) is 3.74. The van der Waals surface area contributed by atoms with E-state index in [-0.39, 0.29) is 24.0 Å². The SMILES string of the molecule is CN=C(NCCOC)NCc1ccccc1CN(C)Cc1ccco1.I. The molecule has 0 aliphatic rings. The molecule has 0 radical (unpaired) electrons. The number of rotatable bonds is 9. The zero-order valence-electron chi connectivity index (χ0n) is 15.7. The molecule has 0 saturated carbocycles. The minimum Gasteiger partial charge on any atom is -0.468 e. The molecule has 0 atom stereocenters. The maximum atomic E-state index is 5.42. The Hall–Kier alpha value is -1.58. The molecule has 0 saturated heterocycles. The third-order valence-electron chi connectivity index (χ3n) is 3.83. The van der Waals surface area contributed by atoms with Crippen LogP contribution in [0, 0.1) is 0 Å². The summed E-state index contributed by atoms with van der Waals surface area (Å²) >= 11 is 0. The molecule has 0 aliphatic carbocycles. The second kappa shape index (κ2) is 12.7. The van der Waals surface area contributed by atoms with Gasteiger partial charge >= 0.3 is 0 Å². The normalized spacial score (nSPS) is 11.3. The number of furan rings is 1. The Morgan fingerprint density at radius 3 is 2.54 bits per heavy atom. The van der Waals surface area contributed by atoms with Crippen LogP contribution in [0.5, 0.6) is 0 Å². The van der Waals surface area contributed by atoms with Crippen LogP contribution in [0.15, 0.2) is 52.1 Å². The van der Waals surface area contributed by atoms with Crippen LogP contribution >= 0.6 is 24.0 Å². The van der Waals surface area contributed by atoms with Gasteiger partial charge in [-0.1, -0.05) is 24.3 Å². The minimum atomic E-state index is 0. The van der Waals surface area contributed by atoms with Gasteiger partial charge in [-0.3, -0.25) is 9.89 Å². The second-order valence-corrected chi connectivity index (χ2v) is 5.87. The quantitative estimate of drug-likeness (QED) is 0.255. The molecule has 0 spiro atoms. The summed E-state index contributed by atoms with van der Waals surface area (Å²) in [7, 11) is 5.55. The number of hydrogen-bond donors (Lipinski definition) is 2. The molecule has 0 amide bonds. The molecular formula is C19H29IN4O2. The number of aliphatic imine (C=N–C) groups is 1. The van der Waals surface area contributed by atoms with Gasteiger partial charge in [0.1, 0.15) is 5.76 Å². The van der Waals surface area contributed by atoms with Gasteiger partial charge in [0.15, 0.2) is 5.96 Å². The number of guanidine groups is 1. The van der Waals surface area contributed by atoms with Crippen molar-refractivity contribution in [1.29, 1.82) is 0 Å². The summed E-state index contributed by atoms with van der Waals surface area (Å²) in [5.41, 5.74) is 2.54. The largest absolute Gasteiger partial charge is 0.468 e. The van der Waals surface area contributed by atoms with Crippen LogP contribution in [-0.2, 0) is 24.4 Å². The van der Waals surface area contributed by atoms with Gasteiger partial charge in [-0.25, -0.2) is 0 Å². The van der Waals surface area contributed by atoms with Gasteiger partial charge in [0.05, 0.1) is 19.4 Å². The molecule has 7 heteroatoms. The second-order valence-electron chi connectivity index (χ2n) is 5.87. The highest BCUT2D eigenvalue weighted by molar-refractivity contribution is 14.0. The van der Waals surface area contributed by atoms with Gasteiger partial charge in [0.25, 0.3) is 0 Å². The Morgan fingerprint density at radius 2 is 1.88 bits per heavy atom. The monoisotopic (exact) mass is 472 g/mol. The average molecular weight is 472 g/mol. The number of hydrogen-bond acceptors (Lipinski definition) is 4. The number of nitrogens with one attached hydrogen (secondary N) is 2. The van der Waals surface area contributed by atoms with Crippen molar-refractivity contribution < 1.29 is 9.15 Å². The lowest BCUT2D eigenvalue weighted by Crippen LogP contribution is -2.38. The molecule has 2 aromatic rings. The van der Waals surface area contributed by atoms with E-state index in [0.29, 0.717) is 6.61 Å². The molecule has 0 bridgehead atoms. The fourth-order valence-corrected chi connectivity index (χ4v) is 2.57. The lowest BCUT2D eigenvalue weighted by molar-refractivity contribution is 0.203. The van der Waals surface area contributed by atoms with Crippen molar-refractivity contribution in [2.45, 2.75) is 19.6 Å². The summed E-state index contributed by atoms with van der Waals surface area (Å²) in [6.07, 6.45) is 1.71. The summed E-state index contributed by atoms with van der Waals surface area (Å²) < 4.78 is 10.5. The van der Waals surface area contributed by atoms with Gasteiger partial charge in [-0.15, -0.1) is 24.0 Å². The average Bonchev–Trinajstić information content (AvgIpc) is 3.12. The molecule has 0 unspecified atom stereocenters. The summed E-state index contributed by atoms with van der Waals surface area (Å²) in [4.78, 5) is 6.47. The first-order valence-electron chi connectivity index (χ1n) is 8.44. The van der Waals surface area contributed by atoms with Crippen LogP contribution < -0.4 is 10.6 Å². The smallest absolute Gasteiger partial charge is 0.191 e. The Bertz CT molecular complexity index is 647. The number of methoxy groups -OCH3 is 1. The van der Waals surface area contributed by atoms with Crippen LogP contribution in [0.25, 0.3) is 0 Å². The summed E-state index contributed by atoms with van der Waals surface area (Å²) in [5, 5.41) is 6.57. The predicted octanol–water partition coefficient (Wildman–Crippen LogP) is 2.84. The van der Waals surface area contributed by atoms with Gasteiger partial charge < -0.3 is 19.8 Å². The maximum Gasteiger partial charge on any atom is 0.191 e. The van der Waals surface area contributed by atoms with Crippen molar-refractivity contribution in [3.8, 4) is 0 Å². The highest BCUT2D eigenvalue weighted by Gasteiger charge is 2.08. The Kier molecular flexibility index (Phi) is 11.0. The third-order valence-corrected chi connectivity index (χ3v) is 3.83. The van der Waals surface area contributed by atoms with Crippen LogP contribution in [0.1, 0.15) is 16.9 Å². The Morgan fingerprint density at radius 1 is 1.12 bits per heavy atom. The lowest BCUT2D eigenvalue weighted by atomic mass is 10.1. The van der Waals surface area contributed by atoms with Gasteiger partial charge in [-0.05, 0) is 30.3 Å². The lowest BCUT2D eigenvalue weighted by Gasteiger charge is -2.19. The highest BCUT2D eigenvalue weighted by atomic mass is 127. The minimum absolute atomic E-state index is 0. The summed E-state index contributed by atoms with van der Waals surface area (Å²) in [6, 6.07) is 12.4. The fourth-order valence-electron chi connectivity index (χ4n) is 2.57. The molecule has 1 aromatic carbocycles. The van der Waals surface area contributed by atoms with Crippen molar-refractivity contribution in [3.63, 3.8) is 0 Å². The van der Waals surface area contributed by atoms with E-state index >= 15 is 0 Å². The van der Waals surface area contributed by atoms with Gasteiger partial charge in [0.2, 0.25) is 0 Å². The van der Waals surface area contributed by atoms with Gasteiger partial charge in [-0.2, -0.15) is 0 Å². The maximum absolute atomic E-state index is 5.42. The van der Waals surface area contributed by atoms with E-state index in [9.17, 15) is 0 Å². The Balaban J connectivity index is 0.00000338. The van der Waals surface area contributed by atoms with E-state index in [0.717, 1.165) is 37.9 Å². The van der Waals surface area contributed by atoms with Crippen LogP contribution in [0.4, 0.5) is 0 Å². The van der Waals surface area contributed by atoms with E-state index in [1.54, 1.807) is 20.4 Å². The molecule has 6 nitrogen and oxygen atoms in total. The number of nitrogens with zero attached hydrogens (tertiary/aromatic N) is 2. The molecule has 26 heavy (non-hydrogen) atoms. The van der Waals surface area contributed by atoms with Crippen molar-refractivity contribution in [2.24, 2.45) is 4.99 Å². The zero-order valence-corrected chi connectivity index (χ0v) is 18.0. The zero-order chi connectivity index (χ0) is 17.9. The standard InChI is InChI=1S/C19H28N4O2.HI/c1-20-19(21-10-12-24-3)22-13-16-7-4-5-8-17(16)14-23(2)15-18-9-6-11-25-18;/h4-9,11H,10,12-15H2,1-3H3,(H2,20,21,22);1H. The van der Waals surface area contributed by atoms with Crippen molar-refractivity contribution in [3.05, 3.63) is 59.5 Å². The van der Waals surface area contributed by atoms with Gasteiger partial charge in [0, 0.05) is 33.8 Å². The molecule has 2 rings (SSSR count). The van der Waals surface area contributed by atoms with E-state index in [4.69, 9.17) is 9.15 Å². The topological polar surface area (TPSA) is 62.0 Å². The molecule has 1 heterocycles. The van der Waals surface area contributed by atoms with Crippen LogP contribution in [-0.4, -0.2) is 45.2 Å². The predicted molar refractivity (Wildman–Crippen MR) is 116 cm³/mol. The highest BCUT2D eigenvalue weighted by Crippen LogP contribution is 2.13. The number of benzene rings is 1. The van der Waals surface area contributed by atoms with Crippen LogP contribution in [0.2, 0.25) is 0 Å². The summed E-state index contributed by atoms with van der Waals surface area (Å²) in [5.74, 6) is 1.75. The molecular weight excluding hydrogens is 443 g/mol.